The first-order valence-corrected chi connectivity index (χ1v) is 14.7. The zero-order valence-electron chi connectivity index (χ0n) is 24.0. The van der Waals surface area contributed by atoms with Gasteiger partial charge in [-0.3, -0.25) is 9.59 Å². The smallest absolute Gasteiger partial charge is 0.252 e. The predicted octanol–water partition coefficient (Wildman–Crippen LogP) is 5.09. The Hall–Kier alpha value is -4.14. The summed E-state index contributed by atoms with van der Waals surface area (Å²) in [4.78, 5) is 27.3. The number of carbonyl (C=O) groups excluding carboxylic acids is 1. The van der Waals surface area contributed by atoms with Gasteiger partial charge in [0, 0.05) is 23.6 Å². The number of pyridine rings is 1. The molecule has 42 heavy (non-hydrogen) atoms. The van der Waals surface area contributed by atoms with Crippen LogP contribution in [0.3, 0.4) is 0 Å². The molecule has 8 heteroatoms. The van der Waals surface area contributed by atoms with Crippen molar-refractivity contribution in [2.45, 2.75) is 57.1 Å². The quantitative estimate of drug-likeness (QED) is 0.143. The third-order valence-corrected chi connectivity index (χ3v) is 8.11. The van der Waals surface area contributed by atoms with E-state index in [1.54, 1.807) is 12.1 Å². The Labute approximate surface area is 245 Å². The van der Waals surface area contributed by atoms with Crippen LogP contribution in [0.15, 0.2) is 77.6 Å². The molecule has 3 aromatic carbocycles. The lowest BCUT2D eigenvalue weighted by Gasteiger charge is -2.27. The fourth-order valence-corrected chi connectivity index (χ4v) is 5.77. The maximum Gasteiger partial charge on any atom is 0.252 e. The van der Waals surface area contributed by atoms with Gasteiger partial charge < -0.3 is 30.6 Å². The van der Waals surface area contributed by atoms with E-state index in [2.05, 4.69) is 34.7 Å². The third-order valence-electron chi connectivity index (χ3n) is 8.11. The maximum absolute atomic E-state index is 13.1. The Morgan fingerprint density at radius 2 is 1.86 bits per heavy atom. The summed E-state index contributed by atoms with van der Waals surface area (Å²) >= 11 is 0. The van der Waals surface area contributed by atoms with Gasteiger partial charge in [-0.2, -0.15) is 0 Å². The average Bonchev–Trinajstić information content (AvgIpc) is 3.32. The number of aromatic amines is 1. The number of ether oxygens (including phenoxy) is 1. The van der Waals surface area contributed by atoms with Crippen molar-refractivity contribution in [2.24, 2.45) is 0 Å². The van der Waals surface area contributed by atoms with Gasteiger partial charge in [-0.15, -0.1) is 0 Å². The standard InChI is InChI=1S/C34H39N3O5/c1-34(18-17-23-9-4-5-12-28(23)34)37-33(41)24-10-8-11-25(21-24)42-20-7-3-2-6-19-35-22-30(39)26-13-15-29(38)32-27(26)14-16-31(40)36-32/h4-5,8-16,21,30,35,38-39H,2-3,6-7,17-20,22H2,1H3,(H,36,40)(H,37,41). The molecule has 220 valence electrons. The summed E-state index contributed by atoms with van der Waals surface area (Å²) in [7, 11) is 0. The normalized spacial score (nSPS) is 16.7. The Kier molecular flexibility index (Phi) is 9.25. The lowest BCUT2D eigenvalue weighted by Crippen LogP contribution is -2.41. The Balaban J connectivity index is 0.991. The van der Waals surface area contributed by atoms with Crippen molar-refractivity contribution in [3.05, 3.63) is 105 Å². The van der Waals surface area contributed by atoms with E-state index in [0.29, 0.717) is 40.9 Å². The molecule has 0 bridgehead atoms. The van der Waals surface area contributed by atoms with Gasteiger partial charge in [0.2, 0.25) is 5.56 Å². The summed E-state index contributed by atoms with van der Waals surface area (Å²) in [6.45, 7) is 3.82. The van der Waals surface area contributed by atoms with Gasteiger partial charge in [-0.25, -0.2) is 0 Å². The van der Waals surface area contributed by atoms with Crippen LogP contribution in [0.4, 0.5) is 0 Å². The first-order chi connectivity index (χ1) is 20.3. The van der Waals surface area contributed by atoms with Crippen molar-refractivity contribution in [2.75, 3.05) is 19.7 Å². The summed E-state index contributed by atoms with van der Waals surface area (Å²) < 4.78 is 5.94. The number of aliphatic hydroxyl groups excluding tert-OH is 1. The fourth-order valence-electron chi connectivity index (χ4n) is 5.77. The van der Waals surface area contributed by atoms with Crippen molar-refractivity contribution in [3.63, 3.8) is 0 Å². The molecule has 1 heterocycles. The lowest BCUT2D eigenvalue weighted by atomic mass is 9.93. The number of nitrogens with one attached hydrogen (secondary N) is 3. The van der Waals surface area contributed by atoms with Gasteiger partial charge in [-0.05, 0) is 86.2 Å². The molecule has 4 aromatic rings. The largest absolute Gasteiger partial charge is 0.506 e. The molecular formula is C34H39N3O5. The van der Waals surface area contributed by atoms with Gasteiger partial charge >= 0.3 is 0 Å². The number of fused-ring (bicyclic) bond motifs is 2. The molecule has 1 amide bonds. The van der Waals surface area contributed by atoms with Crippen molar-refractivity contribution in [1.29, 1.82) is 0 Å². The van der Waals surface area contributed by atoms with Gasteiger partial charge in [0.15, 0.2) is 0 Å². The molecule has 1 aromatic heterocycles. The molecule has 5 N–H and O–H groups in total. The SMILES string of the molecule is CC1(NC(=O)c2cccc(OCCCCCCNCC(O)c3ccc(O)c4[nH]c(=O)ccc34)c2)CCc2ccccc21. The van der Waals surface area contributed by atoms with Crippen LogP contribution in [0, 0.1) is 0 Å². The molecule has 0 saturated carbocycles. The van der Waals surface area contributed by atoms with Crippen LogP contribution in [-0.4, -0.2) is 40.8 Å². The number of aromatic hydroxyl groups is 1. The summed E-state index contributed by atoms with van der Waals surface area (Å²) in [5, 5.41) is 27.8. The number of hydrogen-bond acceptors (Lipinski definition) is 6. The number of aryl methyl sites for hydroxylation is 1. The summed E-state index contributed by atoms with van der Waals surface area (Å²) in [5.74, 6) is 0.584. The maximum atomic E-state index is 13.1. The topological polar surface area (TPSA) is 124 Å². The van der Waals surface area contributed by atoms with Crippen LogP contribution in [0.25, 0.3) is 10.9 Å². The summed E-state index contributed by atoms with van der Waals surface area (Å²) in [6, 6.07) is 21.9. The Morgan fingerprint density at radius 1 is 1.02 bits per heavy atom. The van der Waals surface area contributed by atoms with E-state index in [1.165, 1.54) is 23.3 Å². The molecule has 0 spiro atoms. The zero-order chi connectivity index (χ0) is 29.5. The number of H-pyrrole nitrogens is 1. The number of hydrogen-bond donors (Lipinski definition) is 5. The second kappa shape index (κ2) is 13.2. The van der Waals surface area contributed by atoms with Crippen LogP contribution in [0.5, 0.6) is 11.5 Å². The van der Waals surface area contributed by atoms with Crippen molar-refractivity contribution >= 4 is 16.8 Å². The molecule has 0 radical (unpaired) electrons. The van der Waals surface area contributed by atoms with Crippen LogP contribution in [0.1, 0.15) is 72.2 Å². The van der Waals surface area contributed by atoms with Crippen molar-refractivity contribution in [3.8, 4) is 11.5 Å². The molecule has 1 aliphatic carbocycles. The van der Waals surface area contributed by atoms with Crippen LogP contribution in [0.2, 0.25) is 0 Å². The number of phenols is 1. The number of unbranched alkanes of at least 4 members (excludes halogenated alkanes) is 3. The minimum absolute atomic E-state index is 0.0194. The molecule has 1 aliphatic rings. The van der Waals surface area contributed by atoms with E-state index < -0.39 is 6.10 Å². The highest BCUT2D eigenvalue weighted by Crippen LogP contribution is 2.36. The van der Waals surface area contributed by atoms with Crippen LogP contribution >= 0.6 is 0 Å². The molecule has 2 atom stereocenters. The van der Waals surface area contributed by atoms with E-state index in [-0.39, 0.29) is 22.8 Å². The fraction of sp³-hybridized carbons (Fsp3) is 0.353. The van der Waals surface area contributed by atoms with Crippen molar-refractivity contribution in [1.82, 2.24) is 15.6 Å². The molecule has 8 nitrogen and oxygen atoms in total. The molecule has 0 aliphatic heterocycles. The van der Waals surface area contributed by atoms with Gasteiger partial charge in [0.1, 0.15) is 11.5 Å². The molecule has 0 fully saturated rings. The van der Waals surface area contributed by atoms with E-state index >= 15 is 0 Å². The number of aliphatic hydroxyl groups is 1. The first kappa shape index (κ1) is 29.4. The van der Waals surface area contributed by atoms with E-state index in [9.17, 15) is 19.8 Å². The third kappa shape index (κ3) is 6.83. The second-order valence-electron chi connectivity index (χ2n) is 11.2. The Morgan fingerprint density at radius 3 is 2.74 bits per heavy atom. The second-order valence-corrected chi connectivity index (χ2v) is 11.2. The predicted molar refractivity (Wildman–Crippen MR) is 164 cm³/mol. The van der Waals surface area contributed by atoms with Gasteiger partial charge in [0.25, 0.3) is 5.91 Å². The monoisotopic (exact) mass is 569 g/mol. The molecular weight excluding hydrogens is 530 g/mol. The number of rotatable bonds is 13. The Bertz CT molecular complexity index is 1600. The number of carbonyl (C=O) groups is 1. The summed E-state index contributed by atoms with van der Waals surface area (Å²) in [6.07, 6.45) is 5.01. The van der Waals surface area contributed by atoms with Crippen molar-refractivity contribution < 1.29 is 19.7 Å². The lowest BCUT2D eigenvalue weighted by molar-refractivity contribution is 0.0904. The average molecular weight is 570 g/mol. The number of amides is 1. The van der Waals surface area contributed by atoms with E-state index in [4.69, 9.17) is 4.74 Å². The molecule has 0 saturated heterocycles. The van der Waals surface area contributed by atoms with Gasteiger partial charge in [-0.1, -0.05) is 49.2 Å². The highest BCUT2D eigenvalue weighted by atomic mass is 16.5. The number of benzene rings is 3. The zero-order valence-corrected chi connectivity index (χ0v) is 24.0. The summed E-state index contributed by atoms with van der Waals surface area (Å²) in [5.41, 5.74) is 3.42. The highest BCUT2D eigenvalue weighted by molar-refractivity contribution is 5.95. The minimum atomic E-state index is -0.762. The first-order valence-electron chi connectivity index (χ1n) is 14.7. The number of phenolic OH excluding ortho intramolecular Hbond substituents is 1. The number of aromatic nitrogens is 1. The van der Waals surface area contributed by atoms with Crippen LogP contribution < -0.4 is 20.9 Å². The van der Waals surface area contributed by atoms with Crippen LogP contribution in [-0.2, 0) is 12.0 Å². The van der Waals surface area contributed by atoms with Gasteiger partial charge in [0.05, 0.1) is 23.8 Å². The van der Waals surface area contributed by atoms with E-state index in [0.717, 1.165) is 45.1 Å². The molecule has 5 rings (SSSR count). The minimum Gasteiger partial charge on any atom is -0.506 e. The highest BCUT2D eigenvalue weighted by Gasteiger charge is 2.35. The molecule has 2 unspecified atom stereocenters. The van der Waals surface area contributed by atoms with E-state index in [1.807, 2.05) is 36.4 Å².